The normalized spacial score (nSPS) is 16.6. The molecule has 48 heavy (non-hydrogen) atoms. The van der Waals surface area contributed by atoms with E-state index in [0.29, 0.717) is 23.8 Å². The zero-order valence-corrected chi connectivity index (χ0v) is 29.3. The van der Waals surface area contributed by atoms with E-state index in [4.69, 9.17) is 14.6 Å². The monoisotopic (exact) mass is 650 g/mol. The number of hydrogen-bond acceptors (Lipinski definition) is 5. The molecule has 0 bridgehead atoms. The van der Waals surface area contributed by atoms with Gasteiger partial charge in [0.05, 0.1) is 25.4 Å². The molecule has 4 rings (SSSR count). The van der Waals surface area contributed by atoms with E-state index >= 15 is 0 Å². The molecule has 1 aliphatic carbocycles. The third kappa shape index (κ3) is 10.5. The van der Waals surface area contributed by atoms with Crippen molar-refractivity contribution in [2.24, 2.45) is 5.92 Å². The predicted octanol–water partition coefficient (Wildman–Crippen LogP) is 9.46. The number of carbonyl (C=O) groups excluding carboxylic acids is 2. The molecule has 1 saturated carbocycles. The fourth-order valence-electron chi connectivity index (χ4n) is 6.76. The Morgan fingerprint density at radius 2 is 1.33 bits per heavy atom. The number of carbonyl (C=O) groups is 2. The van der Waals surface area contributed by atoms with Gasteiger partial charge in [0, 0.05) is 11.5 Å². The molecule has 0 aliphatic heterocycles. The smallest absolute Gasteiger partial charge is 0.335 e. The van der Waals surface area contributed by atoms with Gasteiger partial charge in [-0.25, -0.2) is 9.59 Å². The Labute approximate surface area is 288 Å². The van der Waals surface area contributed by atoms with E-state index in [9.17, 15) is 9.59 Å². The Morgan fingerprint density at radius 3 is 1.90 bits per heavy atom. The van der Waals surface area contributed by atoms with Crippen molar-refractivity contribution in [3.05, 3.63) is 119 Å². The highest BCUT2D eigenvalue weighted by molar-refractivity contribution is 5.88. The fourth-order valence-corrected chi connectivity index (χ4v) is 6.76. The van der Waals surface area contributed by atoms with E-state index in [-0.39, 0.29) is 24.7 Å². The summed E-state index contributed by atoms with van der Waals surface area (Å²) in [5.41, 5.74) is 9.71. The standard InChI is InChI=1S/C43H54O5/c1-6-8-9-10-35-23-24-41(26-34(35)7-2)40-21-19-39(20-22-40)38-17-15-37(16-18-38)36-13-11-32(12-14-36)25-33(28-47-42(45)30(3)4)29-48-43(46)31(5)27-44/h11-18,23-24,26,33,39-40,44H,3,5-10,19-22,25,27-29H2,1-2,4H3. The van der Waals surface area contributed by atoms with E-state index in [1.807, 2.05) is 0 Å². The number of ether oxygens (including phenoxy) is 2. The van der Waals surface area contributed by atoms with Crippen LogP contribution >= 0.6 is 0 Å². The third-order valence-electron chi connectivity index (χ3n) is 9.78. The van der Waals surface area contributed by atoms with Crippen molar-refractivity contribution in [3.8, 4) is 11.1 Å². The number of esters is 2. The maximum atomic E-state index is 12.0. The van der Waals surface area contributed by atoms with Gasteiger partial charge in [0.2, 0.25) is 0 Å². The lowest BCUT2D eigenvalue weighted by Crippen LogP contribution is -2.24. The largest absolute Gasteiger partial charge is 0.462 e. The zero-order valence-electron chi connectivity index (χ0n) is 29.3. The molecular formula is C43H54O5. The summed E-state index contributed by atoms with van der Waals surface area (Å²) in [6, 6.07) is 24.7. The van der Waals surface area contributed by atoms with Gasteiger partial charge in [0.25, 0.3) is 0 Å². The second kappa shape index (κ2) is 18.5. The van der Waals surface area contributed by atoms with Crippen molar-refractivity contribution >= 4 is 11.9 Å². The zero-order chi connectivity index (χ0) is 34.5. The lowest BCUT2D eigenvalue weighted by Gasteiger charge is -2.30. The molecule has 3 aromatic rings. The summed E-state index contributed by atoms with van der Waals surface area (Å²) in [4.78, 5) is 24.0. The molecule has 0 aromatic heterocycles. The fraction of sp³-hybridized carbons (Fsp3) is 0.442. The van der Waals surface area contributed by atoms with Crippen molar-refractivity contribution in [1.82, 2.24) is 0 Å². The van der Waals surface area contributed by atoms with Crippen molar-refractivity contribution in [2.75, 3.05) is 19.8 Å². The Bertz CT molecular complexity index is 1510. The molecule has 0 saturated heterocycles. The Morgan fingerprint density at radius 1 is 0.771 bits per heavy atom. The first-order valence-corrected chi connectivity index (χ1v) is 17.8. The molecule has 5 nitrogen and oxygen atoms in total. The topological polar surface area (TPSA) is 72.8 Å². The van der Waals surface area contributed by atoms with E-state index in [1.165, 1.54) is 68.1 Å². The Hall–Kier alpha value is -3.96. The molecule has 1 atom stereocenters. The van der Waals surface area contributed by atoms with Crippen LogP contribution in [0.25, 0.3) is 11.1 Å². The van der Waals surface area contributed by atoms with Crippen molar-refractivity contribution in [3.63, 3.8) is 0 Å². The second-order valence-corrected chi connectivity index (χ2v) is 13.5. The lowest BCUT2D eigenvalue weighted by atomic mass is 9.75. The van der Waals surface area contributed by atoms with Gasteiger partial charge in [-0.3, -0.25) is 0 Å². The summed E-state index contributed by atoms with van der Waals surface area (Å²) >= 11 is 0. The van der Waals surface area contributed by atoms with Crippen LogP contribution in [0.5, 0.6) is 0 Å². The first-order valence-electron chi connectivity index (χ1n) is 17.8. The molecule has 5 heteroatoms. The van der Waals surface area contributed by atoms with Crippen LogP contribution in [-0.2, 0) is 38.3 Å². The third-order valence-corrected chi connectivity index (χ3v) is 9.78. The van der Waals surface area contributed by atoms with Crippen LogP contribution in [0.1, 0.15) is 105 Å². The van der Waals surface area contributed by atoms with Crippen molar-refractivity contribution < 1.29 is 24.2 Å². The van der Waals surface area contributed by atoms with Gasteiger partial charge in [-0.2, -0.15) is 0 Å². The summed E-state index contributed by atoms with van der Waals surface area (Å²) < 4.78 is 10.7. The highest BCUT2D eigenvalue weighted by Crippen LogP contribution is 2.41. The summed E-state index contributed by atoms with van der Waals surface area (Å²) in [7, 11) is 0. The molecule has 0 amide bonds. The molecule has 1 N–H and O–H groups in total. The summed E-state index contributed by atoms with van der Waals surface area (Å²) in [6.45, 7) is 13.0. The second-order valence-electron chi connectivity index (χ2n) is 13.5. The summed E-state index contributed by atoms with van der Waals surface area (Å²) in [6.07, 6.45) is 11.7. The van der Waals surface area contributed by atoms with Crippen LogP contribution in [-0.4, -0.2) is 36.9 Å². The first-order chi connectivity index (χ1) is 23.2. The van der Waals surface area contributed by atoms with Gasteiger partial charge in [-0.15, -0.1) is 0 Å². The summed E-state index contributed by atoms with van der Waals surface area (Å²) in [5.74, 6) is -0.122. The van der Waals surface area contributed by atoms with Gasteiger partial charge in [0.15, 0.2) is 0 Å². The van der Waals surface area contributed by atoms with E-state index < -0.39 is 18.5 Å². The van der Waals surface area contributed by atoms with Crippen LogP contribution in [0.15, 0.2) is 91.0 Å². The van der Waals surface area contributed by atoms with Crippen LogP contribution in [0.2, 0.25) is 0 Å². The summed E-state index contributed by atoms with van der Waals surface area (Å²) in [5, 5.41) is 9.16. The number of aliphatic hydroxyl groups excluding tert-OH is 1. The number of aliphatic hydroxyl groups is 1. The minimum Gasteiger partial charge on any atom is -0.462 e. The van der Waals surface area contributed by atoms with Crippen LogP contribution < -0.4 is 0 Å². The molecular weight excluding hydrogens is 596 g/mol. The lowest BCUT2D eigenvalue weighted by molar-refractivity contribution is -0.144. The predicted molar refractivity (Wildman–Crippen MR) is 195 cm³/mol. The van der Waals surface area contributed by atoms with Crippen LogP contribution in [0.3, 0.4) is 0 Å². The number of benzene rings is 3. The highest BCUT2D eigenvalue weighted by Gasteiger charge is 2.24. The van der Waals surface area contributed by atoms with E-state index in [2.05, 4.69) is 93.7 Å². The molecule has 1 fully saturated rings. The van der Waals surface area contributed by atoms with Crippen LogP contribution in [0.4, 0.5) is 0 Å². The molecule has 0 spiro atoms. The number of unbranched alkanes of at least 4 members (excludes halogenated alkanes) is 2. The number of aryl methyl sites for hydroxylation is 2. The minimum atomic E-state index is -0.658. The molecule has 256 valence electrons. The van der Waals surface area contributed by atoms with Gasteiger partial charge in [0.1, 0.15) is 0 Å². The quantitative estimate of drug-likeness (QED) is 0.0895. The van der Waals surface area contributed by atoms with Crippen molar-refractivity contribution in [1.29, 1.82) is 0 Å². The molecule has 0 radical (unpaired) electrons. The Kier molecular flexibility index (Phi) is 14.2. The number of rotatable bonds is 17. The highest BCUT2D eigenvalue weighted by atomic mass is 16.5. The molecule has 1 unspecified atom stereocenters. The van der Waals surface area contributed by atoms with Gasteiger partial charge in [-0.1, -0.05) is 107 Å². The average Bonchev–Trinajstić information content (AvgIpc) is 3.12. The SMILES string of the molecule is C=C(C)C(=O)OCC(COC(=O)C(=C)CO)Cc1ccc(-c2ccc(C3CCC(c4ccc(CCCCC)c(CC)c4)CC3)cc2)cc1. The Balaban J connectivity index is 1.33. The molecule has 1 aliphatic rings. The first kappa shape index (κ1) is 36.9. The number of hydrogen-bond donors (Lipinski definition) is 1. The van der Waals surface area contributed by atoms with Crippen LogP contribution in [0, 0.1) is 5.92 Å². The maximum Gasteiger partial charge on any atom is 0.335 e. The van der Waals surface area contributed by atoms with E-state index in [1.54, 1.807) is 18.1 Å². The molecule has 0 heterocycles. The van der Waals surface area contributed by atoms with E-state index in [0.717, 1.165) is 17.5 Å². The average molecular weight is 651 g/mol. The van der Waals surface area contributed by atoms with Gasteiger partial charge in [-0.05, 0) is 109 Å². The minimum absolute atomic E-state index is 0.0140. The van der Waals surface area contributed by atoms with Gasteiger partial charge < -0.3 is 14.6 Å². The van der Waals surface area contributed by atoms with Gasteiger partial charge >= 0.3 is 11.9 Å². The maximum absolute atomic E-state index is 12.0. The molecule has 3 aromatic carbocycles. The van der Waals surface area contributed by atoms with Crippen molar-refractivity contribution in [2.45, 2.75) is 96.8 Å².